The maximum absolute atomic E-state index is 11.5. The van der Waals surface area contributed by atoms with Crippen molar-refractivity contribution in [3.05, 3.63) is 23.0 Å². The Morgan fingerprint density at radius 2 is 1.85 bits per heavy atom. The predicted molar refractivity (Wildman–Crippen MR) is 68.6 cm³/mol. The first-order valence-corrected chi connectivity index (χ1v) is 5.85. The van der Waals surface area contributed by atoms with Gasteiger partial charge in [-0.15, -0.1) is 0 Å². The molecule has 2 N–H and O–H groups in total. The first-order chi connectivity index (χ1) is 9.15. The third-order valence-electron chi connectivity index (χ3n) is 3.53. The van der Waals surface area contributed by atoms with Gasteiger partial charge in [0.15, 0.2) is 0 Å². The van der Waals surface area contributed by atoms with Crippen LogP contribution in [0.4, 0.5) is 0 Å². The van der Waals surface area contributed by atoms with Crippen molar-refractivity contribution < 1.29 is 29.3 Å². The topological polar surface area (TPSA) is 104 Å². The zero-order chi connectivity index (χ0) is 15.7. The largest absolute Gasteiger partial charge is 0.478 e. The number of carbonyl (C=O) groups is 3. The van der Waals surface area contributed by atoms with E-state index in [1.807, 2.05) is 0 Å². The van der Waals surface area contributed by atoms with E-state index in [9.17, 15) is 24.6 Å². The van der Waals surface area contributed by atoms with E-state index in [2.05, 4.69) is 4.74 Å². The highest BCUT2D eigenvalue weighted by atomic mass is 16.5. The van der Waals surface area contributed by atoms with E-state index in [1.54, 1.807) is 14.0 Å². The highest BCUT2D eigenvalue weighted by Gasteiger charge is 2.46. The molecule has 0 aliphatic carbocycles. The van der Waals surface area contributed by atoms with Crippen LogP contribution in [0.1, 0.15) is 20.3 Å². The number of rotatable bonds is 4. The quantitative estimate of drug-likeness (QED) is 0.736. The number of methoxy groups -OCH3 is 1. The summed E-state index contributed by atoms with van der Waals surface area (Å²) < 4.78 is 4.55. The average Bonchev–Trinajstić information content (AvgIpc) is 2.32. The SMILES string of the molecule is COC(=O)CC1(C)C(C(=O)O)=CN(C)C(C)=C1C(=O)O. The minimum absolute atomic E-state index is 0.120. The Balaban J connectivity index is 3.50. The number of carbonyl (C=O) groups excluding carboxylic acids is 1. The normalized spacial score (nSPS) is 22.4. The van der Waals surface area contributed by atoms with Gasteiger partial charge in [-0.05, 0) is 6.92 Å². The number of esters is 1. The molecule has 1 unspecified atom stereocenters. The van der Waals surface area contributed by atoms with E-state index in [4.69, 9.17) is 0 Å². The van der Waals surface area contributed by atoms with Gasteiger partial charge in [-0.3, -0.25) is 4.79 Å². The van der Waals surface area contributed by atoms with Crippen molar-refractivity contribution in [3.8, 4) is 0 Å². The van der Waals surface area contributed by atoms with E-state index < -0.39 is 23.3 Å². The smallest absolute Gasteiger partial charge is 0.334 e. The van der Waals surface area contributed by atoms with Crippen molar-refractivity contribution in [1.82, 2.24) is 4.90 Å². The number of carboxylic acid groups (broad SMARTS) is 2. The molecule has 1 atom stereocenters. The summed E-state index contributed by atoms with van der Waals surface area (Å²) in [5.41, 5.74) is -1.34. The summed E-state index contributed by atoms with van der Waals surface area (Å²) in [4.78, 5) is 35.9. The van der Waals surface area contributed by atoms with Gasteiger partial charge in [-0.2, -0.15) is 0 Å². The molecule has 0 saturated carbocycles. The molecular weight excluding hydrogens is 266 g/mol. The van der Waals surface area contributed by atoms with Gasteiger partial charge >= 0.3 is 17.9 Å². The van der Waals surface area contributed by atoms with Gasteiger partial charge in [0.1, 0.15) is 0 Å². The van der Waals surface area contributed by atoms with Crippen LogP contribution in [0.3, 0.4) is 0 Å². The van der Waals surface area contributed by atoms with Crippen LogP contribution in [-0.2, 0) is 19.1 Å². The molecule has 7 nitrogen and oxygen atoms in total. The lowest BCUT2D eigenvalue weighted by Crippen LogP contribution is -2.39. The van der Waals surface area contributed by atoms with E-state index in [1.165, 1.54) is 25.1 Å². The molecule has 0 bridgehead atoms. The molecular formula is C13H17NO6. The van der Waals surface area contributed by atoms with Gasteiger partial charge in [-0.25, -0.2) is 9.59 Å². The monoisotopic (exact) mass is 283 g/mol. The molecule has 0 radical (unpaired) electrons. The lowest BCUT2D eigenvalue weighted by Gasteiger charge is -2.37. The maximum Gasteiger partial charge on any atom is 0.334 e. The molecule has 0 fully saturated rings. The zero-order valence-corrected chi connectivity index (χ0v) is 11.8. The van der Waals surface area contributed by atoms with E-state index in [0.717, 1.165) is 0 Å². The molecule has 0 saturated heterocycles. The van der Waals surface area contributed by atoms with E-state index >= 15 is 0 Å². The molecule has 0 amide bonds. The molecule has 110 valence electrons. The Kier molecular flexibility index (Phi) is 4.22. The second-order valence-electron chi connectivity index (χ2n) is 4.81. The molecule has 7 heteroatoms. The van der Waals surface area contributed by atoms with Gasteiger partial charge in [0.05, 0.1) is 24.7 Å². The van der Waals surface area contributed by atoms with Crippen LogP contribution in [0, 0.1) is 5.41 Å². The molecule has 0 aromatic heterocycles. The lowest BCUT2D eigenvalue weighted by atomic mass is 9.70. The Labute approximate surface area is 116 Å². The van der Waals surface area contributed by atoms with Crippen LogP contribution in [0.15, 0.2) is 23.0 Å². The summed E-state index contributed by atoms with van der Waals surface area (Å²) in [7, 11) is 2.72. The highest BCUT2D eigenvalue weighted by molar-refractivity contribution is 5.98. The van der Waals surface area contributed by atoms with Crippen molar-refractivity contribution in [3.63, 3.8) is 0 Å². The van der Waals surface area contributed by atoms with Crippen molar-refractivity contribution in [2.75, 3.05) is 14.2 Å². The average molecular weight is 283 g/mol. The van der Waals surface area contributed by atoms with Gasteiger partial charge in [0.25, 0.3) is 0 Å². The number of nitrogens with zero attached hydrogens (tertiary/aromatic N) is 1. The molecule has 20 heavy (non-hydrogen) atoms. The first-order valence-electron chi connectivity index (χ1n) is 5.85. The fraction of sp³-hybridized carbons (Fsp3) is 0.462. The van der Waals surface area contributed by atoms with E-state index in [0.29, 0.717) is 5.70 Å². The fourth-order valence-corrected chi connectivity index (χ4v) is 2.37. The van der Waals surface area contributed by atoms with Gasteiger partial charge < -0.3 is 19.8 Å². The second-order valence-corrected chi connectivity index (χ2v) is 4.81. The first kappa shape index (κ1) is 15.7. The molecule has 1 heterocycles. The molecule has 0 spiro atoms. The fourth-order valence-electron chi connectivity index (χ4n) is 2.37. The summed E-state index contributed by atoms with van der Waals surface area (Å²) in [6.07, 6.45) is 0.974. The minimum Gasteiger partial charge on any atom is -0.478 e. The van der Waals surface area contributed by atoms with Gasteiger partial charge in [0, 0.05) is 24.4 Å². The van der Waals surface area contributed by atoms with Crippen LogP contribution < -0.4 is 0 Å². The third kappa shape index (κ3) is 2.52. The van der Waals surface area contributed by atoms with Crippen LogP contribution in [0.2, 0.25) is 0 Å². The summed E-state index contributed by atoms with van der Waals surface area (Å²) in [6, 6.07) is 0. The van der Waals surface area contributed by atoms with Crippen LogP contribution >= 0.6 is 0 Å². The number of hydrogen-bond donors (Lipinski definition) is 2. The Morgan fingerprint density at radius 1 is 1.30 bits per heavy atom. The van der Waals surface area contributed by atoms with E-state index in [-0.39, 0.29) is 17.6 Å². The Bertz CT molecular complexity index is 533. The maximum atomic E-state index is 11.5. The van der Waals surface area contributed by atoms with Gasteiger partial charge in [-0.1, -0.05) is 6.92 Å². The standard InChI is InChI=1S/C13H17NO6/c1-7-10(12(18)19)13(2,5-9(15)20-4)8(11(16)17)6-14(7)3/h6H,5H2,1-4H3,(H,16,17)(H,18,19). The number of aliphatic carboxylic acids is 2. The lowest BCUT2D eigenvalue weighted by molar-refractivity contribution is -0.143. The zero-order valence-electron chi connectivity index (χ0n) is 11.8. The number of hydrogen-bond acceptors (Lipinski definition) is 5. The van der Waals surface area contributed by atoms with Crippen LogP contribution in [0.5, 0.6) is 0 Å². The minimum atomic E-state index is -1.44. The summed E-state index contributed by atoms with van der Waals surface area (Å²) in [5.74, 6) is -3.20. The molecule has 1 aliphatic heterocycles. The summed E-state index contributed by atoms with van der Waals surface area (Å²) >= 11 is 0. The van der Waals surface area contributed by atoms with Crippen molar-refractivity contribution in [2.45, 2.75) is 20.3 Å². The molecule has 0 aromatic rings. The molecule has 1 rings (SSSR count). The third-order valence-corrected chi connectivity index (χ3v) is 3.53. The highest BCUT2D eigenvalue weighted by Crippen LogP contribution is 2.44. The molecule has 0 aromatic carbocycles. The van der Waals surface area contributed by atoms with Gasteiger partial charge in [0.2, 0.25) is 0 Å². The summed E-state index contributed by atoms with van der Waals surface area (Å²) in [6.45, 7) is 2.98. The van der Waals surface area contributed by atoms with Crippen molar-refractivity contribution >= 4 is 17.9 Å². The second kappa shape index (κ2) is 5.36. The molecule has 1 aliphatic rings. The number of carboxylic acids is 2. The number of allylic oxidation sites excluding steroid dienone is 1. The van der Waals surface area contributed by atoms with Crippen molar-refractivity contribution in [1.29, 1.82) is 0 Å². The van der Waals surface area contributed by atoms with Crippen molar-refractivity contribution in [2.24, 2.45) is 5.41 Å². The predicted octanol–water partition coefficient (Wildman–Crippen LogP) is 0.828. The summed E-state index contributed by atoms with van der Waals surface area (Å²) in [5, 5.41) is 18.7. The van der Waals surface area contributed by atoms with Crippen LogP contribution in [-0.4, -0.2) is 47.2 Å². The van der Waals surface area contributed by atoms with Crippen LogP contribution in [0.25, 0.3) is 0 Å². The Morgan fingerprint density at radius 3 is 2.25 bits per heavy atom. The number of ether oxygens (including phenoxy) is 1. The Hall–Kier alpha value is -2.31.